The number of rotatable bonds is 6. The number of anilines is 1. The topological polar surface area (TPSA) is 31.8 Å². The first-order valence-electron chi connectivity index (χ1n) is 11.3. The summed E-state index contributed by atoms with van der Waals surface area (Å²) in [5, 5.41) is 2.52. The van der Waals surface area contributed by atoms with Crippen LogP contribution >= 0.6 is 34.7 Å². The van der Waals surface area contributed by atoms with Gasteiger partial charge in [-0.15, -0.1) is 0 Å². The predicted molar refractivity (Wildman–Crippen MR) is 134 cm³/mol. The summed E-state index contributed by atoms with van der Waals surface area (Å²) in [6.45, 7) is 8.70. The van der Waals surface area contributed by atoms with E-state index in [4.69, 9.17) is 32.3 Å². The highest BCUT2D eigenvalue weighted by Gasteiger charge is 2.26. The van der Waals surface area contributed by atoms with Crippen molar-refractivity contribution in [3.63, 3.8) is 0 Å². The maximum Gasteiger partial charge on any atom is 0.150 e. The van der Waals surface area contributed by atoms with Gasteiger partial charge in [0.25, 0.3) is 0 Å². The molecule has 170 valence electrons. The van der Waals surface area contributed by atoms with E-state index < -0.39 is 0 Å². The molecule has 0 N–H and O–H groups in total. The van der Waals surface area contributed by atoms with E-state index in [0.29, 0.717) is 16.1 Å². The van der Waals surface area contributed by atoms with Gasteiger partial charge in [-0.05, 0) is 47.8 Å². The fourth-order valence-electron chi connectivity index (χ4n) is 4.76. The van der Waals surface area contributed by atoms with E-state index in [-0.39, 0.29) is 0 Å². The van der Waals surface area contributed by atoms with Crippen LogP contribution < -0.4 is 4.90 Å². The minimum atomic E-state index is 0.328. The number of fused-ring (bicyclic) bond motifs is 1. The molecule has 1 unspecified atom stereocenters. The summed E-state index contributed by atoms with van der Waals surface area (Å²) in [4.78, 5) is 7.55. The van der Waals surface area contributed by atoms with Gasteiger partial charge in [0.15, 0.2) is 0 Å². The standard InChI is InChI=1S/C24H28Cl2N4OS/c25-20-6-5-18(17-21(20)26)22(29-13-15-31-16-14-29)7-8-28-9-11-30(12-10-28)24-19-3-1-2-4-23(19)32-27-24/h1-6,17,22H,7-16H2. The molecule has 2 saturated heterocycles. The van der Waals surface area contributed by atoms with E-state index in [0.717, 1.165) is 71.3 Å². The lowest BCUT2D eigenvalue weighted by Crippen LogP contribution is -2.47. The number of halogens is 2. The molecule has 8 heteroatoms. The second-order valence-electron chi connectivity index (χ2n) is 8.46. The Morgan fingerprint density at radius 1 is 0.938 bits per heavy atom. The zero-order valence-corrected chi connectivity index (χ0v) is 20.4. The number of hydrogen-bond acceptors (Lipinski definition) is 6. The maximum atomic E-state index is 6.36. The molecule has 0 bridgehead atoms. The van der Waals surface area contributed by atoms with Gasteiger partial charge in [-0.2, -0.15) is 4.37 Å². The van der Waals surface area contributed by atoms with E-state index in [2.05, 4.69) is 45.0 Å². The zero-order valence-electron chi connectivity index (χ0n) is 18.1. The third-order valence-corrected chi connectivity index (χ3v) is 8.12. The van der Waals surface area contributed by atoms with Crippen LogP contribution in [0.5, 0.6) is 0 Å². The molecule has 3 heterocycles. The Morgan fingerprint density at radius 3 is 2.50 bits per heavy atom. The van der Waals surface area contributed by atoms with Crippen LogP contribution in [0.15, 0.2) is 42.5 Å². The summed E-state index contributed by atoms with van der Waals surface area (Å²) in [5.41, 5.74) is 1.24. The molecule has 5 nitrogen and oxygen atoms in total. The predicted octanol–water partition coefficient (Wildman–Crippen LogP) is 5.19. The summed E-state index contributed by atoms with van der Waals surface area (Å²) < 4.78 is 11.6. The Bertz CT molecular complexity index is 1050. The number of ether oxygens (including phenoxy) is 1. The summed E-state index contributed by atoms with van der Waals surface area (Å²) >= 11 is 14.1. The molecule has 0 spiro atoms. The summed E-state index contributed by atoms with van der Waals surface area (Å²) in [7, 11) is 0. The first-order chi connectivity index (χ1) is 15.7. The third-order valence-electron chi connectivity index (χ3n) is 6.56. The van der Waals surface area contributed by atoms with Crippen LogP contribution in [-0.4, -0.2) is 73.2 Å². The summed E-state index contributed by atoms with van der Waals surface area (Å²) in [6, 6.07) is 14.9. The molecule has 0 saturated carbocycles. The Labute approximate surface area is 203 Å². The zero-order chi connectivity index (χ0) is 21.9. The highest BCUT2D eigenvalue weighted by Crippen LogP contribution is 2.32. The highest BCUT2D eigenvalue weighted by atomic mass is 35.5. The molecule has 2 fully saturated rings. The lowest BCUT2D eigenvalue weighted by atomic mass is 10.0. The molecule has 1 aromatic heterocycles. The SMILES string of the molecule is Clc1ccc(C(CCN2CCN(c3nsc4ccccc34)CC2)N2CCOCC2)cc1Cl. The molecule has 2 aromatic carbocycles. The summed E-state index contributed by atoms with van der Waals surface area (Å²) in [6.07, 6.45) is 1.07. The molecule has 0 radical (unpaired) electrons. The quantitative estimate of drug-likeness (QED) is 0.474. The van der Waals surface area contributed by atoms with E-state index in [1.54, 1.807) is 11.5 Å². The van der Waals surface area contributed by atoms with Crippen LogP contribution in [0, 0.1) is 0 Å². The van der Waals surface area contributed by atoms with Crippen molar-refractivity contribution in [1.29, 1.82) is 0 Å². The number of aromatic nitrogens is 1. The number of morpholine rings is 1. The molecule has 0 aliphatic carbocycles. The molecule has 2 aliphatic heterocycles. The van der Waals surface area contributed by atoms with Crippen molar-refractivity contribution in [1.82, 2.24) is 14.2 Å². The molecule has 2 aliphatic rings. The highest BCUT2D eigenvalue weighted by molar-refractivity contribution is 7.13. The van der Waals surface area contributed by atoms with Crippen molar-refractivity contribution in [3.05, 3.63) is 58.1 Å². The lowest BCUT2D eigenvalue weighted by molar-refractivity contribution is 0.0120. The first-order valence-corrected chi connectivity index (χ1v) is 12.8. The van der Waals surface area contributed by atoms with Crippen LogP contribution in [0.1, 0.15) is 18.0 Å². The molecular formula is C24H28Cl2N4OS. The van der Waals surface area contributed by atoms with Crippen LogP contribution in [-0.2, 0) is 4.74 Å². The largest absolute Gasteiger partial charge is 0.379 e. The molecule has 1 atom stereocenters. The van der Waals surface area contributed by atoms with E-state index in [9.17, 15) is 0 Å². The Morgan fingerprint density at radius 2 is 1.72 bits per heavy atom. The summed E-state index contributed by atoms with van der Waals surface area (Å²) in [5.74, 6) is 1.15. The van der Waals surface area contributed by atoms with E-state index >= 15 is 0 Å². The minimum Gasteiger partial charge on any atom is -0.379 e. The van der Waals surface area contributed by atoms with Crippen molar-refractivity contribution in [2.75, 3.05) is 63.9 Å². The van der Waals surface area contributed by atoms with Crippen molar-refractivity contribution in [3.8, 4) is 0 Å². The molecule has 3 aromatic rings. The van der Waals surface area contributed by atoms with Gasteiger partial charge < -0.3 is 9.64 Å². The Hall–Kier alpha value is -1.41. The lowest BCUT2D eigenvalue weighted by Gasteiger charge is -2.38. The molecule has 0 amide bonds. The van der Waals surface area contributed by atoms with Crippen molar-refractivity contribution in [2.45, 2.75) is 12.5 Å². The van der Waals surface area contributed by atoms with Gasteiger partial charge in [0, 0.05) is 57.2 Å². The first kappa shape index (κ1) is 22.4. The van der Waals surface area contributed by atoms with Gasteiger partial charge >= 0.3 is 0 Å². The third kappa shape index (κ3) is 4.91. The number of nitrogens with zero attached hydrogens (tertiary/aromatic N) is 4. The van der Waals surface area contributed by atoms with Crippen LogP contribution in [0.4, 0.5) is 5.82 Å². The fraction of sp³-hybridized carbons (Fsp3) is 0.458. The minimum absolute atomic E-state index is 0.328. The number of piperazine rings is 1. The molecular weight excluding hydrogens is 463 g/mol. The number of hydrogen-bond donors (Lipinski definition) is 0. The van der Waals surface area contributed by atoms with Gasteiger partial charge in [-0.1, -0.05) is 41.4 Å². The van der Waals surface area contributed by atoms with E-state index in [1.165, 1.54) is 15.6 Å². The van der Waals surface area contributed by atoms with Crippen LogP contribution in [0.3, 0.4) is 0 Å². The van der Waals surface area contributed by atoms with Crippen LogP contribution in [0.25, 0.3) is 10.1 Å². The van der Waals surface area contributed by atoms with E-state index in [1.807, 2.05) is 12.1 Å². The van der Waals surface area contributed by atoms with Gasteiger partial charge in [-0.25, -0.2) is 0 Å². The van der Waals surface area contributed by atoms with Crippen molar-refractivity contribution < 1.29 is 4.74 Å². The molecule has 32 heavy (non-hydrogen) atoms. The number of benzene rings is 2. The molecule has 5 rings (SSSR count). The smallest absolute Gasteiger partial charge is 0.150 e. The second kappa shape index (κ2) is 10.2. The van der Waals surface area contributed by atoms with Gasteiger partial charge in [-0.3, -0.25) is 9.80 Å². The normalized spacial score (nSPS) is 19.5. The van der Waals surface area contributed by atoms with Gasteiger partial charge in [0.05, 0.1) is 28.0 Å². The van der Waals surface area contributed by atoms with Gasteiger partial charge in [0.2, 0.25) is 0 Å². The average Bonchev–Trinajstić information content (AvgIpc) is 3.27. The average molecular weight is 491 g/mol. The Kier molecular flexibility index (Phi) is 7.17. The second-order valence-corrected chi connectivity index (χ2v) is 10.1. The Balaban J connectivity index is 1.22. The van der Waals surface area contributed by atoms with Crippen molar-refractivity contribution >= 4 is 50.6 Å². The van der Waals surface area contributed by atoms with Crippen LogP contribution in [0.2, 0.25) is 10.0 Å². The monoisotopic (exact) mass is 490 g/mol. The fourth-order valence-corrected chi connectivity index (χ4v) is 5.86. The van der Waals surface area contributed by atoms with Gasteiger partial charge in [0.1, 0.15) is 5.82 Å². The van der Waals surface area contributed by atoms with Crippen molar-refractivity contribution in [2.24, 2.45) is 0 Å². The maximum absolute atomic E-state index is 6.36.